The van der Waals surface area contributed by atoms with Crippen molar-refractivity contribution in [3.8, 4) is 11.3 Å². The predicted molar refractivity (Wildman–Crippen MR) is 101 cm³/mol. The Bertz CT molecular complexity index is 989. The van der Waals surface area contributed by atoms with Crippen LogP contribution < -0.4 is 11.1 Å². The summed E-state index contributed by atoms with van der Waals surface area (Å²) in [7, 11) is 0. The Hall–Kier alpha value is -2.93. The summed E-state index contributed by atoms with van der Waals surface area (Å²) < 4.78 is 0. The van der Waals surface area contributed by atoms with Crippen molar-refractivity contribution in [3.63, 3.8) is 0 Å². The van der Waals surface area contributed by atoms with Crippen LogP contribution in [0.5, 0.6) is 0 Å². The van der Waals surface area contributed by atoms with Crippen LogP contribution in [0.25, 0.3) is 11.3 Å². The fourth-order valence-electron chi connectivity index (χ4n) is 3.19. The zero-order valence-electron chi connectivity index (χ0n) is 14.0. The van der Waals surface area contributed by atoms with Gasteiger partial charge in [0, 0.05) is 22.7 Å². The molecule has 0 fully saturated rings. The van der Waals surface area contributed by atoms with E-state index in [1.54, 1.807) is 12.3 Å². The summed E-state index contributed by atoms with van der Waals surface area (Å²) in [6, 6.07) is 7.57. The van der Waals surface area contributed by atoms with Crippen LogP contribution >= 0.6 is 11.3 Å². The number of hydrogen-bond donors (Lipinski definition) is 3. The molecule has 6 nitrogen and oxygen atoms in total. The topological polar surface area (TPSA) is 101 Å². The molecule has 2 amide bonds. The molecule has 2 aromatic heterocycles. The average Bonchev–Trinajstić information content (AvgIpc) is 3.30. The smallest absolute Gasteiger partial charge is 0.265 e. The minimum atomic E-state index is -0.521. The molecule has 2 heterocycles. The molecule has 0 aliphatic heterocycles. The van der Waals surface area contributed by atoms with Crippen LogP contribution in [-0.4, -0.2) is 21.8 Å². The number of benzene rings is 1. The highest BCUT2D eigenvalue weighted by molar-refractivity contribution is 7.14. The standard InChI is InChI=1S/C19H18N4O2S/c20-17(24)15-8-14(9-21-15)16-10-26-19(22-16)23-18(25)13-6-5-11-3-1-2-4-12(11)7-13/h5-10,21H,1-4H2,(H2,20,24)(H,22,23,25). The maximum atomic E-state index is 12.5. The number of nitrogens with zero attached hydrogens (tertiary/aromatic N) is 1. The van der Waals surface area contributed by atoms with Crippen molar-refractivity contribution in [2.24, 2.45) is 5.73 Å². The highest BCUT2D eigenvalue weighted by Gasteiger charge is 2.15. The molecule has 0 atom stereocenters. The number of aromatic amines is 1. The number of thiazole rings is 1. The van der Waals surface area contributed by atoms with Crippen molar-refractivity contribution in [2.75, 3.05) is 5.32 Å². The van der Waals surface area contributed by atoms with Crippen molar-refractivity contribution < 1.29 is 9.59 Å². The average molecular weight is 366 g/mol. The zero-order chi connectivity index (χ0) is 18.1. The highest BCUT2D eigenvalue weighted by Crippen LogP contribution is 2.27. The summed E-state index contributed by atoms with van der Waals surface area (Å²) in [5.74, 6) is -0.682. The SMILES string of the molecule is NC(=O)c1cc(-c2csc(NC(=O)c3ccc4c(c3)CCCC4)n2)c[nH]1. The Balaban J connectivity index is 1.50. The second-order valence-corrected chi connectivity index (χ2v) is 7.21. The molecule has 7 heteroatoms. The monoisotopic (exact) mass is 366 g/mol. The molecular weight excluding hydrogens is 348 g/mol. The number of carbonyl (C=O) groups is 2. The first-order chi connectivity index (χ1) is 12.6. The van der Waals surface area contributed by atoms with Crippen LogP contribution in [0.1, 0.15) is 44.8 Å². The third kappa shape index (κ3) is 3.25. The molecule has 1 aliphatic rings. The molecule has 1 aliphatic carbocycles. The normalized spacial score (nSPS) is 13.2. The number of nitrogens with one attached hydrogen (secondary N) is 2. The summed E-state index contributed by atoms with van der Waals surface area (Å²) in [4.78, 5) is 30.9. The van der Waals surface area contributed by atoms with Crippen LogP contribution in [-0.2, 0) is 12.8 Å². The van der Waals surface area contributed by atoms with Crippen LogP contribution in [0.3, 0.4) is 0 Å². The van der Waals surface area contributed by atoms with Gasteiger partial charge in [-0.3, -0.25) is 14.9 Å². The number of nitrogens with two attached hydrogens (primary N) is 1. The van der Waals surface area contributed by atoms with Crippen LogP contribution in [0.4, 0.5) is 5.13 Å². The van der Waals surface area contributed by atoms with Gasteiger partial charge in [-0.25, -0.2) is 4.98 Å². The fraction of sp³-hybridized carbons (Fsp3) is 0.211. The minimum absolute atomic E-state index is 0.161. The van der Waals surface area contributed by atoms with Gasteiger partial charge in [0.15, 0.2) is 5.13 Å². The lowest BCUT2D eigenvalue weighted by Crippen LogP contribution is -2.13. The summed E-state index contributed by atoms with van der Waals surface area (Å²) in [5.41, 5.74) is 10.3. The summed E-state index contributed by atoms with van der Waals surface area (Å²) in [5, 5.41) is 5.20. The van der Waals surface area contributed by atoms with E-state index in [0.717, 1.165) is 18.4 Å². The molecule has 0 bridgehead atoms. The molecule has 1 aromatic carbocycles. The first kappa shape index (κ1) is 16.5. The van der Waals surface area contributed by atoms with Gasteiger partial charge in [0.05, 0.1) is 5.69 Å². The number of amides is 2. The maximum absolute atomic E-state index is 12.5. The molecule has 0 spiro atoms. The highest BCUT2D eigenvalue weighted by atomic mass is 32.1. The van der Waals surface area contributed by atoms with Crippen LogP contribution in [0, 0.1) is 0 Å². The van der Waals surface area contributed by atoms with E-state index in [0.29, 0.717) is 22.1 Å². The van der Waals surface area contributed by atoms with E-state index in [1.165, 1.54) is 35.3 Å². The Morgan fingerprint density at radius 3 is 2.73 bits per heavy atom. The van der Waals surface area contributed by atoms with E-state index < -0.39 is 5.91 Å². The third-order valence-corrected chi connectivity index (χ3v) is 5.34. The van der Waals surface area contributed by atoms with Crippen molar-refractivity contribution in [3.05, 3.63) is 58.2 Å². The molecule has 4 rings (SSSR count). The summed E-state index contributed by atoms with van der Waals surface area (Å²) in [6.45, 7) is 0. The van der Waals surface area contributed by atoms with Gasteiger partial charge in [-0.05, 0) is 55.0 Å². The van der Waals surface area contributed by atoms with Gasteiger partial charge in [0.2, 0.25) is 0 Å². The molecule has 0 saturated heterocycles. The number of primary amides is 1. The second kappa shape index (κ2) is 6.76. The Kier molecular flexibility index (Phi) is 4.30. The number of H-pyrrole nitrogens is 1. The summed E-state index contributed by atoms with van der Waals surface area (Å²) >= 11 is 1.34. The summed E-state index contributed by atoms with van der Waals surface area (Å²) in [6.07, 6.45) is 6.20. The number of carbonyl (C=O) groups excluding carboxylic acids is 2. The lowest BCUT2D eigenvalue weighted by Gasteiger charge is -2.16. The largest absolute Gasteiger partial charge is 0.364 e. The Labute approximate surface area is 154 Å². The van der Waals surface area contributed by atoms with Crippen molar-refractivity contribution >= 4 is 28.3 Å². The van der Waals surface area contributed by atoms with Gasteiger partial charge < -0.3 is 10.7 Å². The number of rotatable bonds is 4. The van der Waals surface area contributed by atoms with Crippen LogP contribution in [0.15, 0.2) is 35.8 Å². The van der Waals surface area contributed by atoms with E-state index in [1.807, 2.05) is 17.5 Å². The number of fused-ring (bicyclic) bond motifs is 1. The van der Waals surface area contributed by atoms with Gasteiger partial charge >= 0.3 is 0 Å². The van der Waals surface area contributed by atoms with Gasteiger partial charge in [0.25, 0.3) is 11.8 Å². The molecule has 3 aromatic rings. The molecule has 0 unspecified atom stereocenters. The zero-order valence-corrected chi connectivity index (χ0v) is 14.9. The first-order valence-electron chi connectivity index (χ1n) is 8.47. The second-order valence-electron chi connectivity index (χ2n) is 6.35. The fourth-order valence-corrected chi connectivity index (χ4v) is 3.91. The molecule has 0 saturated carbocycles. The van der Waals surface area contributed by atoms with E-state index in [4.69, 9.17) is 5.73 Å². The molecule has 4 N–H and O–H groups in total. The van der Waals surface area contributed by atoms with E-state index in [9.17, 15) is 9.59 Å². The molecule has 0 radical (unpaired) electrons. The molecule has 26 heavy (non-hydrogen) atoms. The first-order valence-corrected chi connectivity index (χ1v) is 9.35. The van der Waals surface area contributed by atoms with Crippen LogP contribution in [0.2, 0.25) is 0 Å². The van der Waals surface area contributed by atoms with E-state index in [-0.39, 0.29) is 5.91 Å². The predicted octanol–water partition coefficient (Wildman–Crippen LogP) is 3.37. The van der Waals surface area contributed by atoms with Crippen molar-refractivity contribution in [2.45, 2.75) is 25.7 Å². The van der Waals surface area contributed by atoms with Gasteiger partial charge in [-0.2, -0.15) is 0 Å². The quantitative estimate of drug-likeness (QED) is 0.660. The lowest BCUT2D eigenvalue weighted by atomic mass is 9.90. The van der Waals surface area contributed by atoms with E-state index in [2.05, 4.69) is 21.4 Å². The van der Waals surface area contributed by atoms with Gasteiger partial charge in [-0.1, -0.05) is 6.07 Å². The number of anilines is 1. The number of aromatic nitrogens is 2. The van der Waals surface area contributed by atoms with Gasteiger partial charge in [-0.15, -0.1) is 11.3 Å². The number of hydrogen-bond acceptors (Lipinski definition) is 4. The van der Waals surface area contributed by atoms with Gasteiger partial charge in [0.1, 0.15) is 5.69 Å². The maximum Gasteiger partial charge on any atom is 0.265 e. The van der Waals surface area contributed by atoms with E-state index >= 15 is 0 Å². The minimum Gasteiger partial charge on any atom is -0.364 e. The van der Waals surface area contributed by atoms with Crippen molar-refractivity contribution in [1.29, 1.82) is 0 Å². The Morgan fingerprint density at radius 1 is 1.15 bits per heavy atom. The lowest BCUT2D eigenvalue weighted by molar-refractivity contribution is 0.0994. The van der Waals surface area contributed by atoms with Crippen molar-refractivity contribution in [1.82, 2.24) is 9.97 Å². The Morgan fingerprint density at radius 2 is 1.96 bits per heavy atom. The molecular formula is C19H18N4O2S. The number of aryl methyl sites for hydroxylation is 2. The third-order valence-electron chi connectivity index (χ3n) is 4.58. The molecule has 132 valence electrons.